The molecule has 18 heavy (non-hydrogen) atoms. The van der Waals surface area contributed by atoms with Gasteiger partial charge in [-0.2, -0.15) is 5.26 Å². The lowest BCUT2D eigenvalue weighted by Crippen LogP contribution is -2.29. The van der Waals surface area contributed by atoms with Crippen LogP contribution in [0.25, 0.3) is 11.0 Å². The Bertz CT molecular complexity index is 666. The molecule has 0 spiro atoms. The Morgan fingerprint density at radius 3 is 2.89 bits per heavy atom. The molecule has 1 aromatic carbocycles. The number of fused-ring (bicyclic) bond motifs is 1. The first-order chi connectivity index (χ1) is 8.52. The van der Waals surface area contributed by atoms with Gasteiger partial charge < -0.3 is 4.98 Å². The topological polar surface area (TPSA) is 98.6 Å². The predicted octanol–water partition coefficient (Wildman–Crippen LogP) is 1.07. The molecule has 94 valence electrons. The summed E-state index contributed by atoms with van der Waals surface area (Å²) in [6, 6.07) is 8.54. The number of nitrogens with zero attached hydrogens (tertiary/aromatic N) is 2. The Morgan fingerprint density at radius 2 is 2.22 bits per heavy atom. The molecular formula is C11H12N4O2S. The van der Waals surface area contributed by atoms with Gasteiger partial charge in [-0.05, 0) is 19.1 Å². The second-order valence-electron chi connectivity index (χ2n) is 3.90. The number of hydrogen-bond donors (Lipinski definition) is 2. The summed E-state index contributed by atoms with van der Waals surface area (Å²) in [7, 11) is -3.59. The average Bonchev–Trinajstić information content (AvgIpc) is 2.71. The number of rotatable bonds is 4. The number of sulfonamides is 1. The van der Waals surface area contributed by atoms with Gasteiger partial charge in [-0.25, -0.2) is 18.1 Å². The summed E-state index contributed by atoms with van der Waals surface area (Å²) in [4.78, 5) is 7.33. The quantitative estimate of drug-likeness (QED) is 0.862. The minimum atomic E-state index is -3.59. The van der Waals surface area contributed by atoms with E-state index in [1.807, 2.05) is 24.3 Å². The molecule has 0 fully saturated rings. The third-order valence-electron chi connectivity index (χ3n) is 2.43. The van der Waals surface area contributed by atoms with Crippen LogP contribution in [0.3, 0.4) is 0 Å². The average molecular weight is 264 g/mol. The van der Waals surface area contributed by atoms with Crippen molar-refractivity contribution in [2.75, 3.05) is 5.75 Å². The van der Waals surface area contributed by atoms with Crippen LogP contribution in [-0.2, 0) is 10.0 Å². The molecule has 2 rings (SSSR count). The number of nitrogens with one attached hydrogen (secondary N) is 2. The first kappa shape index (κ1) is 12.5. The van der Waals surface area contributed by atoms with E-state index in [0.717, 1.165) is 11.0 Å². The van der Waals surface area contributed by atoms with Gasteiger partial charge in [0.25, 0.3) is 0 Å². The number of benzene rings is 1. The van der Waals surface area contributed by atoms with E-state index in [0.29, 0.717) is 5.82 Å². The van der Waals surface area contributed by atoms with E-state index in [9.17, 15) is 8.42 Å². The maximum absolute atomic E-state index is 11.5. The van der Waals surface area contributed by atoms with Crippen molar-refractivity contribution in [1.82, 2.24) is 14.7 Å². The maximum Gasteiger partial charge on any atom is 0.225 e. The predicted molar refractivity (Wildman–Crippen MR) is 67.0 cm³/mol. The standard InChI is InChI=1S/C11H12N4O2S/c1-8(15-18(16,17)7-6-12)11-13-9-4-2-3-5-10(9)14-11/h2-5,8,15H,7H2,1H3,(H,13,14). The lowest BCUT2D eigenvalue weighted by atomic mass is 10.3. The fourth-order valence-electron chi connectivity index (χ4n) is 1.63. The number of nitriles is 1. The SMILES string of the molecule is CC(NS(=O)(=O)CC#N)c1nc2ccccc2[nH]1. The van der Waals surface area contributed by atoms with Crippen LogP contribution in [0.4, 0.5) is 0 Å². The van der Waals surface area contributed by atoms with Gasteiger partial charge in [0.2, 0.25) is 10.0 Å². The normalized spacial score (nSPS) is 13.3. The Hall–Kier alpha value is -1.91. The van der Waals surface area contributed by atoms with Crippen LogP contribution in [0, 0.1) is 11.3 Å². The van der Waals surface area contributed by atoms with Gasteiger partial charge in [0, 0.05) is 0 Å². The van der Waals surface area contributed by atoms with Gasteiger partial charge in [-0.3, -0.25) is 0 Å². The minimum Gasteiger partial charge on any atom is -0.341 e. The van der Waals surface area contributed by atoms with Crippen molar-refractivity contribution in [3.05, 3.63) is 30.1 Å². The van der Waals surface area contributed by atoms with Crippen LogP contribution in [0.1, 0.15) is 18.8 Å². The van der Waals surface area contributed by atoms with E-state index in [4.69, 9.17) is 5.26 Å². The molecule has 0 saturated heterocycles. The van der Waals surface area contributed by atoms with Crippen molar-refractivity contribution in [2.45, 2.75) is 13.0 Å². The fraction of sp³-hybridized carbons (Fsp3) is 0.273. The molecule has 0 radical (unpaired) electrons. The van der Waals surface area contributed by atoms with Crippen molar-refractivity contribution in [3.63, 3.8) is 0 Å². The number of para-hydroxylation sites is 2. The van der Waals surface area contributed by atoms with Gasteiger partial charge in [0.1, 0.15) is 5.82 Å². The molecule has 2 aromatic rings. The van der Waals surface area contributed by atoms with E-state index < -0.39 is 21.8 Å². The molecule has 1 aromatic heterocycles. The largest absolute Gasteiger partial charge is 0.341 e. The zero-order chi connectivity index (χ0) is 13.2. The van der Waals surface area contributed by atoms with E-state index in [1.165, 1.54) is 0 Å². The van der Waals surface area contributed by atoms with Crippen LogP contribution in [0.5, 0.6) is 0 Å². The lowest BCUT2D eigenvalue weighted by Gasteiger charge is -2.09. The van der Waals surface area contributed by atoms with Crippen LogP contribution in [0.2, 0.25) is 0 Å². The van der Waals surface area contributed by atoms with Gasteiger partial charge in [-0.1, -0.05) is 12.1 Å². The molecule has 0 saturated carbocycles. The highest BCUT2D eigenvalue weighted by atomic mass is 32.2. The maximum atomic E-state index is 11.5. The van der Waals surface area contributed by atoms with Gasteiger partial charge in [-0.15, -0.1) is 0 Å². The molecule has 0 amide bonds. The summed E-state index contributed by atoms with van der Waals surface area (Å²) in [5.74, 6) is -0.0323. The van der Waals surface area contributed by atoms with E-state index in [1.54, 1.807) is 13.0 Å². The molecule has 1 unspecified atom stereocenters. The van der Waals surface area contributed by atoms with Crippen molar-refractivity contribution >= 4 is 21.1 Å². The molecule has 2 N–H and O–H groups in total. The Balaban J connectivity index is 2.24. The zero-order valence-electron chi connectivity index (χ0n) is 9.71. The monoisotopic (exact) mass is 264 g/mol. The molecule has 0 bridgehead atoms. The Labute approximate surface area is 105 Å². The van der Waals surface area contributed by atoms with Crippen LogP contribution in [-0.4, -0.2) is 24.1 Å². The van der Waals surface area contributed by atoms with Crippen molar-refractivity contribution in [1.29, 1.82) is 5.26 Å². The molecule has 0 aliphatic rings. The highest BCUT2D eigenvalue weighted by Crippen LogP contribution is 2.15. The van der Waals surface area contributed by atoms with Gasteiger partial charge in [0.15, 0.2) is 5.75 Å². The summed E-state index contributed by atoms with van der Waals surface area (Å²) in [6.07, 6.45) is 0. The molecular weight excluding hydrogens is 252 g/mol. The summed E-state index contributed by atoms with van der Waals surface area (Å²) >= 11 is 0. The van der Waals surface area contributed by atoms with Crippen LogP contribution >= 0.6 is 0 Å². The second-order valence-corrected chi connectivity index (χ2v) is 5.65. The number of aromatic nitrogens is 2. The smallest absolute Gasteiger partial charge is 0.225 e. The van der Waals surface area contributed by atoms with Crippen molar-refractivity contribution in [3.8, 4) is 6.07 Å². The number of aromatic amines is 1. The summed E-state index contributed by atoms with van der Waals surface area (Å²) < 4.78 is 25.3. The minimum absolute atomic E-state index is 0.504. The molecule has 0 aliphatic heterocycles. The second kappa shape index (κ2) is 4.76. The highest BCUT2D eigenvalue weighted by molar-refractivity contribution is 7.89. The fourth-order valence-corrected chi connectivity index (χ4v) is 2.53. The summed E-state index contributed by atoms with van der Waals surface area (Å²) in [5.41, 5.74) is 1.62. The van der Waals surface area contributed by atoms with Gasteiger partial charge >= 0.3 is 0 Å². The summed E-state index contributed by atoms with van der Waals surface area (Å²) in [6.45, 7) is 1.67. The third kappa shape index (κ3) is 2.67. The summed E-state index contributed by atoms with van der Waals surface area (Å²) in [5, 5.41) is 8.41. The highest BCUT2D eigenvalue weighted by Gasteiger charge is 2.17. The number of imidazole rings is 1. The van der Waals surface area contributed by atoms with E-state index in [2.05, 4.69) is 14.7 Å². The lowest BCUT2D eigenvalue weighted by molar-refractivity contribution is 0.565. The number of hydrogen-bond acceptors (Lipinski definition) is 4. The van der Waals surface area contributed by atoms with Crippen LogP contribution in [0.15, 0.2) is 24.3 Å². The third-order valence-corrected chi connectivity index (χ3v) is 3.65. The molecule has 1 heterocycles. The van der Waals surface area contributed by atoms with Gasteiger partial charge in [0.05, 0.1) is 23.1 Å². The first-order valence-corrected chi connectivity index (χ1v) is 6.98. The zero-order valence-corrected chi connectivity index (χ0v) is 10.5. The molecule has 6 nitrogen and oxygen atoms in total. The molecule has 7 heteroatoms. The van der Waals surface area contributed by atoms with Crippen LogP contribution < -0.4 is 4.72 Å². The Kier molecular flexibility index (Phi) is 3.32. The first-order valence-electron chi connectivity index (χ1n) is 5.33. The van der Waals surface area contributed by atoms with E-state index >= 15 is 0 Å². The van der Waals surface area contributed by atoms with E-state index in [-0.39, 0.29) is 0 Å². The van der Waals surface area contributed by atoms with Crippen molar-refractivity contribution < 1.29 is 8.42 Å². The molecule has 1 atom stereocenters. The number of H-pyrrole nitrogens is 1. The molecule has 0 aliphatic carbocycles. The Morgan fingerprint density at radius 1 is 1.50 bits per heavy atom. The van der Waals surface area contributed by atoms with Crippen molar-refractivity contribution in [2.24, 2.45) is 0 Å².